The predicted molar refractivity (Wildman–Crippen MR) is 92.1 cm³/mol. The minimum atomic E-state index is -0.712. The molecular formula is C20H32O3. The minimum absolute atomic E-state index is 0.116. The van der Waals surface area contributed by atoms with Gasteiger partial charge in [0.05, 0.1) is 0 Å². The van der Waals surface area contributed by atoms with Crippen molar-refractivity contribution in [1.29, 1.82) is 0 Å². The van der Waals surface area contributed by atoms with Gasteiger partial charge in [0.15, 0.2) is 5.78 Å². The van der Waals surface area contributed by atoms with Crippen molar-refractivity contribution >= 4 is 11.8 Å². The van der Waals surface area contributed by atoms with Gasteiger partial charge in [-0.2, -0.15) is 0 Å². The number of aliphatic carboxylic acids is 1. The second-order valence-electron chi connectivity index (χ2n) is 8.66. The lowest BCUT2D eigenvalue weighted by atomic mass is 9.46. The van der Waals surface area contributed by atoms with E-state index in [9.17, 15) is 9.59 Å². The van der Waals surface area contributed by atoms with Gasteiger partial charge in [0.1, 0.15) is 0 Å². The molecule has 0 radical (unpaired) electrons. The molecular weight excluding hydrogens is 288 g/mol. The smallest absolute Gasteiger partial charge is 0.303 e. The van der Waals surface area contributed by atoms with E-state index in [1.165, 1.54) is 12.0 Å². The summed E-state index contributed by atoms with van der Waals surface area (Å²) in [5.74, 6) is 0.713. The summed E-state index contributed by atoms with van der Waals surface area (Å²) < 4.78 is 0. The molecule has 23 heavy (non-hydrogen) atoms. The van der Waals surface area contributed by atoms with Gasteiger partial charge in [-0.3, -0.25) is 9.59 Å². The second kappa shape index (κ2) is 6.41. The number of ketones is 1. The van der Waals surface area contributed by atoms with Crippen LogP contribution in [-0.2, 0) is 9.59 Å². The van der Waals surface area contributed by atoms with Gasteiger partial charge in [0, 0.05) is 12.8 Å². The molecule has 2 rings (SSSR count). The summed E-state index contributed by atoms with van der Waals surface area (Å²) in [4.78, 5) is 23.1. The molecule has 0 spiro atoms. The SMILES string of the molecule is CC1=CC(=O)C[C@H]2[C@@](C)(CC[C@H](C)CC(=O)O)[C@@H](C)CC[C@]12C. The van der Waals surface area contributed by atoms with E-state index in [4.69, 9.17) is 5.11 Å². The van der Waals surface area contributed by atoms with Gasteiger partial charge in [-0.25, -0.2) is 0 Å². The Bertz CT molecular complexity index is 521. The number of carbonyl (C=O) groups is 2. The van der Waals surface area contributed by atoms with Crippen molar-refractivity contribution in [2.24, 2.45) is 28.6 Å². The number of carboxylic acids is 1. The van der Waals surface area contributed by atoms with E-state index >= 15 is 0 Å². The Morgan fingerprint density at radius 1 is 1.43 bits per heavy atom. The summed E-state index contributed by atoms with van der Waals surface area (Å²) in [6.07, 6.45) is 7.05. The molecule has 1 fully saturated rings. The van der Waals surface area contributed by atoms with Crippen molar-refractivity contribution in [3.8, 4) is 0 Å². The summed E-state index contributed by atoms with van der Waals surface area (Å²) in [7, 11) is 0. The van der Waals surface area contributed by atoms with Crippen molar-refractivity contribution in [2.75, 3.05) is 0 Å². The van der Waals surface area contributed by atoms with Gasteiger partial charge in [-0.1, -0.05) is 33.3 Å². The van der Waals surface area contributed by atoms with Gasteiger partial charge in [0.25, 0.3) is 0 Å². The topological polar surface area (TPSA) is 54.4 Å². The third-order valence-electron chi connectivity index (χ3n) is 7.17. The summed E-state index contributed by atoms with van der Waals surface area (Å²) in [5, 5.41) is 8.98. The highest BCUT2D eigenvalue weighted by molar-refractivity contribution is 5.92. The zero-order chi connectivity index (χ0) is 17.4. The van der Waals surface area contributed by atoms with Crippen molar-refractivity contribution in [3.63, 3.8) is 0 Å². The monoisotopic (exact) mass is 320 g/mol. The lowest BCUT2D eigenvalue weighted by Crippen LogP contribution is -2.51. The summed E-state index contributed by atoms with van der Waals surface area (Å²) >= 11 is 0. The van der Waals surface area contributed by atoms with Crippen LogP contribution in [0.5, 0.6) is 0 Å². The van der Waals surface area contributed by atoms with Crippen LogP contribution < -0.4 is 0 Å². The molecule has 3 nitrogen and oxygen atoms in total. The zero-order valence-corrected chi connectivity index (χ0v) is 15.3. The van der Waals surface area contributed by atoms with E-state index in [1.807, 2.05) is 13.0 Å². The van der Waals surface area contributed by atoms with Crippen LogP contribution in [0.15, 0.2) is 11.6 Å². The van der Waals surface area contributed by atoms with Crippen molar-refractivity contribution < 1.29 is 14.7 Å². The van der Waals surface area contributed by atoms with Gasteiger partial charge in [-0.05, 0) is 67.3 Å². The molecule has 3 heteroatoms. The molecule has 0 bridgehead atoms. The van der Waals surface area contributed by atoms with Crippen LogP contribution in [0.1, 0.15) is 73.1 Å². The fraction of sp³-hybridized carbons (Fsp3) is 0.800. The largest absolute Gasteiger partial charge is 0.481 e. The quantitative estimate of drug-likeness (QED) is 0.787. The number of hydrogen-bond donors (Lipinski definition) is 1. The maximum atomic E-state index is 12.2. The number of carbonyl (C=O) groups excluding carboxylic acids is 1. The molecule has 2 aliphatic carbocycles. The van der Waals surface area contributed by atoms with E-state index in [1.54, 1.807) is 0 Å². The molecule has 1 N–H and O–H groups in total. The lowest BCUT2D eigenvalue weighted by Gasteiger charge is -2.57. The number of fused-ring (bicyclic) bond motifs is 1. The summed E-state index contributed by atoms with van der Waals surface area (Å²) in [5.41, 5.74) is 1.49. The van der Waals surface area contributed by atoms with Crippen molar-refractivity contribution in [3.05, 3.63) is 11.6 Å². The molecule has 2 aliphatic rings. The average Bonchev–Trinajstić information content (AvgIpc) is 2.44. The average molecular weight is 320 g/mol. The van der Waals surface area contributed by atoms with Gasteiger partial charge < -0.3 is 5.11 Å². The van der Waals surface area contributed by atoms with E-state index in [0.29, 0.717) is 18.3 Å². The molecule has 0 saturated heterocycles. The first kappa shape index (κ1) is 18.2. The fourth-order valence-corrected chi connectivity index (χ4v) is 5.07. The van der Waals surface area contributed by atoms with Crippen molar-refractivity contribution in [1.82, 2.24) is 0 Å². The molecule has 0 heterocycles. The van der Waals surface area contributed by atoms with Gasteiger partial charge >= 0.3 is 5.97 Å². The van der Waals surface area contributed by atoms with Crippen LogP contribution >= 0.6 is 0 Å². The Balaban J connectivity index is 2.22. The summed E-state index contributed by atoms with van der Waals surface area (Å²) in [6, 6.07) is 0. The van der Waals surface area contributed by atoms with E-state index < -0.39 is 5.97 Å². The minimum Gasteiger partial charge on any atom is -0.481 e. The maximum absolute atomic E-state index is 12.2. The molecule has 0 amide bonds. The molecule has 5 atom stereocenters. The highest BCUT2D eigenvalue weighted by Crippen LogP contribution is 2.61. The van der Waals surface area contributed by atoms with Gasteiger partial charge in [-0.15, -0.1) is 0 Å². The van der Waals surface area contributed by atoms with Crippen LogP contribution in [-0.4, -0.2) is 16.9 Å². The highest BCUT2D eigenvalue weighted by atomic mass is 16.4. The Morgan fingerprint density at radius 2 is 2.09 bits per heavy atom. The number of allylic oxidation sites excluding steroid dienone is 2. The predicted octanol–water partition coefficient (Wildman–Crippen LogP) is 4.86. The molecule has 130 valence electrons. The number of carboxylic acid groups (broad SMARTS) is 1. The molecule has 0 unspecified atom stereocenters. The molecule has 0 aromatic carbocycles. The van der Waals surface area contributed by atoms with Crippen LogP contribution in [0, 0.1) is 28.6 Å². The first-order valence-corrected chi connectivity index (χ1v) is 9.03. The Morgan fingerprint density at radius 3 is 2.70 bits per heavy atom. The fourth-order valence-electron chi connectivity index (χ4n) is 5.07. The lowest BCUT2D eigenvalue weighted by molar-refractivity contribution is -0.138. The van der Waals surface area contributed by atoms with Crippen LogP contribution in [0.2, 0.25) is 0 Å². The first-order valence-electron chi connectivity index (χ1n) is 9.03. The Hall–Kier alpha value is -1.12. The normalized spacial score (nSPS) is 38.7. The van der Waals surface area contributed by atoms with Crippen molar-refractivity contribution in [2.45, 2.75) is 73.1 Å². The second-order valence-corrected chi connectivity index (χ2v) is 8.66. The van der Waals surface area contributed by atoms with E-state index in [-0.39, 0.29) is 29.0 Å². The standard InChI is InChI=1S/C20H32O3/c1-13(10-18(22)23)6-8-19(4)14(2)7-9-20(5)15(3)11-16(21)12-17(19)20/h11,13-14,17H,6-10,12H2,1-5H3,(H,22,23)/t13-,14-,17-,19-,20+/m0/s1. The Labute approximate surface area is 140 Å². The molecule has 0 aromatic heterocycles. The summed E-state index contributed by atoms with van der Waals surface area (Å²) in [6.45, 7) is 11.1. The van der Waals surface area contributed by atoms with Crippen LogP contribution in [0.4, 0.5) is 0 Å². The molecule has 0 aromatic rings. The Kier molecular flexibility index (Phi) is 5.08. The number of hydrogen-bond acceptors (Lipinski definition) is 2. The first-order chi connectivity index (χ1) is 10.6. The number of rotatable bonds is 5. The third-order valence-corrected chi connectivity index (χ3v) is 7.17. The van der Waals surface area contributed by atoms with E-state index in [2.05, 4.69) is 27.7 Å². The maximum Gasteiger partial charge on any atom is 0.303 e. The van der Waals surface area contributed by atoms with E-state index in [0.717, 1.165) is 19.3 Å². The van der Waals surface area contributed by atoms with Gasteiger partial charge in [0.2, 0.25) is 0 Å². The highest BCUT2D eigenvalue weighted by Gasteiger charge is 2.54. The molecule has 1 saturated carbocycles. The molecule has 0 aliphatic heterocycles. The third kappa shape index (κ3) is 3.39. The zero-order valence-electron chi connectivity index (χ0n) is 15.3. The van der Waals surface area contributed by atoms with Crippen LogP contribution in [0.25, 0.3) is 0 Å². The van der Waals surface area contributed by atoms with Crippen LogP contribution in [0.3, 0.4) is 0 Å².